The number of hydrazone groups is 1. The first-order chi connectivity index (χ1) is 18.9. The quantitative estimate of drug-likeness (QED) is 0.430. The van der Waals surface area contributed by atoms with E-state index in [0.717, 1.165) is 13.1 Å². The molecule has 1 fully saturated rings. The second-order valence-electron chi connectivity index (χ2n) is 9.29. The fraction of sp³-hybridized carbons (Fsp3) is 0.464. The molecule has 0 radical (unpaired) electrons. The SMILES string of the molecule is COCC(=O)N(CCN1CCOCC1)CC(=O)N1N=C(c2ccccc2F)C[C@H]1c1cc(OC)ccc1OC. The number of hydrogen-bond donors (Lipinski definition) is 0. The molecular weight excluding hydrogens is 507 g/mol. The Balaban J connectivity index is 1.63. The molecule has 0 saturated carbocycles. The zero-order valence-corrected chi connectivity index (χ0v) is 22.6. The summed E-state index contributed by atoms with van der Waals surface area (Å²) >= 11 is 0. The van der Waals surface area contributed by atoms with Crippen molar-refractivity contribution in [2.24, 2.45) is 5.10 Å². The van der Waals surface area contributed by atoms with E-state index in [-0.39, 0.29) is 25.5 Å². The second kappa shape index (κ2) is 13.5. The number of benzene rings is 2. The third-order valence-electron chi connectivity index (χ3n) is 6.88. The van der Waals surface area contributed by atoms with Crippen LogP contribution in [0.4, 0.5) is 4.39 Å². The Hall–Kier alpha value is -3.54. The van der Waals surface area contributed by atoms with Crippen LogP contribution in [0.2, 0.25) is 0 Å². The summed E-state index contributed by atoms with van der Waals surface area (Å²) in [7, 11) is 4.54. The van der Waals surface area contributed by atoms with Crippen molar-refractivity contribution >= 4 is 17.5 Å². The number of methoxy groups -OCH3 is 3. The first kappa shape index (κ1) is 28.5. The molecule has 1 saturated heterocycles. The van der Waals surface area contributed by atoms with Crippen molar-refractivity contribution < 1.29 is 32.9 Å². The van der Waals surface area contributed by atoms with E-state index in [1.165, 1.54) is 23.1 Å². The van der Waals surface area contributed by atoms with Gasteiger partial charge >= 0.3 is 0 Å². The fourth-order valence-electron chi connectivity index (χ4n) is 4.77. The Morgan fingerprint density at radius 2 is 1.87 bits per heavy atom. The van der Waals surface area contributed by atoms with Crippen LogP contribution in [0.5, 0.6) is 11.5 Å². The number of halogens is 1. The van der Waals surface area contributed by atoms with Crippen molar-refractivity contribution in [2.45, 2.75) is 12.5 Å². The summed E-state index contributed by atoms with van der Waals surface area (Å²) in [6.45, 7) is 3.39. The van der Waals surface area contributed by atoms with Crippen LogP contribution in [0.15, 0.2) is 47.6 Å². The van der Waals surface area contributed by atoms with Gasteiger partial charge in [0.15, 0.2) is 0 Å². The molecule has 0 unspecified atom stereocenters. The molecule has 0 aliphatic carbocycles. The van der Waals surface area contributed by atoms with Crippen molar-refractivity contribution in [3.8, 4) is 11.5 Å². The van der Waals surface area contributed by atoms with Crippen LogP contribution in [-0.4, -0.2) is 106 Å². The Kier molecular flexibility index (Phi) is 9.85. The van der Waals surface area contributed by atoms with E-state index in [4.69, 9.17) is 18.9 Å². The number of amides is 2. The van der Waals surface area contributed by atoms with E-state index in [1.807, 2.05) is 0 Å². The molecule has 39 heavy (non-hydrogen) atoms. The number of nitrogens with zero attached hydrogens (tertiary/aromatic N) is 4. The van der Waals surface area contributed by atoms with Crippen molar-refractivity contribution in [1.82, 2.24) is 14.8 Å². The van der Waals surface area contributed by atoms with Crippen molar-refractivity contribution in [2.75, 3.05) is 73.9 Å². The van der Waals surface area contributed by atoms with E-state index in [0.29, 0.717) is 54.6 Å². The smallest absolute Gasteiger partial charge is 0.262 e. The summed E-state index contributed by atoms with van der Waals surface area (Å²) < 4.78 is 36.2. The van der Waals surface area contributed by atoms with Gasteiger partial charge in [0, 0.05) is 50.8 Å². The lowest BCUT2D eigenvalue weighted by atomic mass is 9.97. The lowest BCUT2D eigenvalue weighted by molar-refractivity contribution is -0.143. The van der Waals surface area contributed by atoms with Gasteiger partial charge in [0.05, 0.1) is 39.2 Å². The minimum Gasteiger partial charge on any atom is -0.497 e. The van der Waals surface area contributed by atoms with Gasteiger partial charge in [-0.1, -0.05) is 18.2 Å². The Morgan fingerprint density at radius 1 is 1.10 bits per heavy atom. The Morgan fingerprint density at radius 3 is 2.56 bits per heavy atom. The molecule has 2 aromatic carbocycles. The van der Waals surface area contributed by atoms with Gasteiger partial charge in [-0.15, -0.1) is 0 Å². The molecule has 4 rings (SSSR count). The van der Waals surface area contributed by atoms with Crippen LogP contribution in [0.1, 0.15) is 23.6 Å². The van der Waals surface area contributed by atoms with Crippen LogP contribution in [0, 0.1) is 5.82 Å². The average Bonchev–Trinajstić information content (AvgIpc) is 3.41. The van der Waals surface area contributed by atoms with E-state index in [9.17, 15) is 14.0 Å². The molecule has 10 nitrogen and oxygen atoms in total. The first-order valence-corrected chi connectivity index (χ1v) is 12.9. The predicted octanol–water partition coefficient (Wildman–Crippen LogP) is 2.33. The van der Waals surface area contributed by atoms with Crippen molar-refractivity contribution in [3.05, 3.63) is 59.4 Å². The molecule has 2 aromatic rings. The average molecular weight is 543 g/mol. The maximum atomic E-state index is 14.7. The number of morpholine rings is 1. The predicted molar refractivity (Wildman–Crippen MR) is 142 cm³/mol. The third-order valence-corrected chi connectivity index (χ3v) is 6.88. The lowest BCUT2D eigenvalue weighted by Crippen LogP contribution is -2.47. The number of carbonyl (C=O) groups is 2. The molecule has 2 heterocycles. The summed E-state index contributed by atoms with van der Waals surface area (Å²) in [6, 6.07) is 11.1. The summed E-state index contributed by atoms with van der Waals surface area (Å²) in [5.74, 6) is 0.00208. The van der Waals surface area contributed by atoms with Crippen LogP contribution < -0.4 is 9.47 Å². The number of hydrogen-bond acceptors (Lipinski definition) is 8. The highest BCUT2D eigenvalue weighted by Gasteiger charge is 2.37. The molecule has 0 bridgehead atoms. The van der Waals surface area contributed by atoms with Crippen LogP contribution >= 0.6 is 0 Å². The topological polar surface area (TPSA) is 93.1 Å². The van der Waals surface area contributed by atoms with Crippen LogP contribution in [0.3, 0.4) is 0 Å². The zero-order valence-electron chi connectivity index (χ0n) is 22.6. The summed E-state index contributed by atoms with van der Waals surface area (Å²) in [6.07, 6.45) is 0.260. The maximum Gasteiger partial charge on any atom is 0.262 e. The first-order valence-electron chi connectivity index (χ1n) is 12.9. The number of carbonyl (C=O) groups excluding carboxylic acids is 2. The summed E-state index contributed by atoms with van der Waals surface area (Å²) in [4.78, 5) is 30.4. The van der Waals surface area contributed by atoms with Gasteiger partial charge in [-0.05, 0) is 24.3 Å². The zero-order chi connectivity index (χ0) is 27.8. The standard InChI is InChI=1S/C28H35FN4O6/c1-36-19-28(35)32(11-10-31-12-14-39-15-13-31)18-27(34)33-25(22-16-20(37-2)8-9-26(22)38-3)17-24(30-33)21-6-4-5-7-23(21)29/h4-9,16,25H,10-15,17-19H2,1-3H3/t25-/m0/s1. The fourth-order valence-corrected chi connectivity index (χ4v) is 4.77. The summed E-state index contributed by atoms with van der Waals surface area (Å²) in [5.41, 5.74) is 1.42. The molecule has 2 amide bonds. The minimum absolute atomic E-state index is 0.146. The molecule has 0 aromatic heterocycles. The molecule has 2 aliphatic heterocycles. The highest BCUT2D eigenvalue weighted by atomic mass is 19.1. The Bertz CT molecular complexity index is 1190. The van der Waals surface area contributed by atoms with Gasteiger partial charge in [-0.3, -0.25) is 14.5 Å². The maximum absolute atomic E-state index is 14.7. The molecule has 2 aliphatic rings. The van der Waals surface area contributed by atoms with Gasteiger partial charge in [-0.25, -0.2) is 9.40 Å². The number of ether oxygens (including phenoxy) is 4. The highest BCUT2D eigenvalue weighted by molar-refractivity contribution is 6.03. The highest BCUT2D eigenvalue weighted by Crippen LogP contribution is 2.39. The monoisotopic (exact) mass is 542 g/mol. The van der Waals surface area contributed by atoms with Gasteiger partial charge in [0.2, 0.25) is 5.91 Å². The molecular formula is C28H35FN4O6. The van der Waals surface area contributed by atoms with E-state index in [1.54, 1.807) is 50.6 Å². The molecule has 0 spiro atoms. The van der Waals surface area contributed by atoms with Gasteiger partial charge in [0.25, 0.3) is 5.91 Å². The van der Waals surface area contributed by atoms with Crippen LogP contribution in [-0.2, 0) is 19.1 Å². The second-order valence-corrected chi connectivity index (χ2v) is 9.29. The largest absolute Gasteiger partial charge is 0.497 e. The number of rotatable bonds is 11. The van der Waals surface area contributed by atoms with Gasteiger partial charge in [-0.2, -0.15) is 5.10 Å². The van der Waals surface area contributed by atoms with Gasteiger partial charge < -0.3 is 23.8 Å². The van der Waals surface area contributed by atoms with Crippen LogP contribution in [0.25, 0.3) is 0 Å². The van der Waals surface area contributed by atoms with E-state index >= 15 is 0 Å². The minimum atomic E-state index is -0.587. The summed E-state index contributed by atoms with van der Waals surface area (Å²) in [5, 5.41) is 5.92. The molecule has 1 atom stereocenters. The molecule has 210 valence electrons. The Labute approximate surface area is 227 Å². The third kappa shape index (κ3) is 6.92. The normalized spacial score (nSPS) is 17.6. The lowest BCUT2D eigenvalue weighted by Gasteiger charge is -2.31. The van der Waals surface area contributed by atoms with Crippen molar-refractivity contribution in [3.63, 3.8) is 0 Å². The molecule has 11 heteroatoms. The van der Waals surface area contributed by atoms with E-state index in [2.05, 4.69) is 10.0 Å². The van der Waals surface area contributed by atoms with E-state index < -0.39 is 17.8 Å². The molecule has 0 N–H and O–H groups in total. The van der Waals surface area contributed by atoms with Crippen molar-refractivity contribution in [1.29, 1.82) is 0 Å². The van der Waals surface area contributed by atoms with Gasteiger partial charge in [0.1, 0.15) is 30.5 Å².